The lowest BCUT2D eigenvalue weighted by atomic mass is 10.2. The number of carbonyl (C=O) groups is 1. The van der Waals surface area contributed by atoms with Gasteiger partial charge < -0.3 is 10.1 Å². The first-order valence-corrected chi connectivity index (χ1v) is 7.75. The van der Waals surface area contributed by atoms with Crippen molar-refractivity contribution in [1.29, 1.82) is 0 Å². The van der Waals surface area contributed by atoms with Gasteiger partial charge in [-0.3, -0.25) is 4.79 Å². The van der Waals surface area contributed by atoms with Crippen LogP contribution in [0.4, 0.5) is 5.69 Å². The minimum atomic E-state index is -0.181. The fourth-order valence-electron chi connectivity index (χ4n) is 1.71. The van der Waals surface area contributed by atoms with Crippen molar-refractivity contribution < 1.29 is 9.53 Å². The van der Waals surface area contributed by atoms with Crippen molar-refractivity contribution in [3.63, 3.8) is 0 Å². The molecule has 5 heteroatoms. The molecule has 0 aliphatic carbocycles. The molecule has 0 unspecified atom stereocenters. The second-order valence-electron chi connectivity index (χ2n) is 4.23. The summed E-state index contributed by atoms with van der Waals surface area (Å²) >= 11 is 6.77. The van der Waals surface area contributed by atoms with Gasteiger partial charge in [-0.2, -0.15) is 0 Å². The maximum absolute atomic E-state index is 11.9. The maximum atomic E-state index is 11.9. The van der Waals surface area contributed by atoms with Gasteiger partial charge in [-0.25, -0.2) is 0 Å². The van der Waals surface area contributed by atoms with Gasteiger partial charge in [-0.1, -0.05) is 28.1 Å². The summed E-state index contributed by atoms with van der Waals surface area (Å²) in [6.07, 6.45) is 3.24. The standard InChI is InChI=1S/C16H13Br2NO2/c1-21-15-7-5-11(9-14(15)18)6-8-16(20)19-13-4-2-3-12(17)10-13/h2-10H,1H3,(H,19,20)/b8-6+. The number of ether oxygens (including phenoxy) is 1. The molecule has 0 spiro atoms. The van der Waals surface area contributed by atoms with Crippen LogP contribution in [0.1, 0.15) is 5.56 Å². The number of nitrogens with one attached hydrogen (secondary N) is 1. The number of hydrogen-bond acceptors (Lipinski definition) is 2. The van der Waals surface area contributed by atoms with Crippen molar-refractivity contribution in [3.8, 4) is 5.75 Å². The second kappa shape index (κ2) is 7.43. The Morgan fingerprint density at radius 1 is 1.19 bits per heavy atom. The topological polar surface area (TPSA) is 38.3 Å². The Bertz CT molecular complexity index is 684. The molecule has 0 atom stereocenters. The van der Waals surface area contributed by atoms with E-state index in [1.807, 2.05) is 42.5 Å². The summed E-state index contributed by atoms with van der Waals surface area (Å²) in [6, 6.07) is 13.1. The molecule has 0 saturated carbocycles. The van der Waals surface area contributed by atoms with Crippen LogP contribution in [0.15, 0.2) is 57.5 Å². The van der Waals surface area contributed by atoms with Crippen molar-refractivity contribution in [2.24, 2.45) is 0 Å². The number of halogens is 2. The molecule has 108 valence electrons. The average molecular weight is 411 g/mol. The highest BCUT2D eigenvalue weighted by Crippen LogP contribution is 2.26. The molecule has 0 saturated heterocycles. The van der Waals surface area contributed by atoms with Gasteiger partial charge in [0.25, 0.3) is 0 Å². The Morgan fingerprint density at radius 3 is 2.67 bits per heavy atom. The normalized spacial score (nSPS) is 10.6. The van der Waals surface area contributed by atoms with Gasteiger partial charge >= 0.3 is 0 Å². The summed E-state index contributed by atoms with van der Waals surface area (Å²) in [7, 11) is 1.61. The summed E-state index contributed by atoms with van der Waals surface area (Å²) in [5.74, 6) is 0.575. The van der Waals surface area contributed by atoms with E-state index in [0.29, 0.717) is 0 Å². The van der Waals surface area contributed by atoms with E-state index in [9.17, 15) is 4.79 Å². The van der Waals surface area contributed by atoms with E-state index in [1.165, 1.54) is 6.08 Å². The smallest absolute Gasteiger partial charge is 0.248 e. The second-order valence-corrected chi connectivity index (χ2v) is 6.00. The predicted octanol–water partition coefficient (Wildman–Crippen LogP) is 4.87. The Labute approximate surface area is 140 Å². The quantitative estimate of drug-likeness (QED) is 0.730. The fourth-order valence-corrected chi connectivity index (χ4v) is 2.67. The molecule has 3 nitrogen and oxygen atoms in total. The zero-order valence-corrected chi connectivity index (χ0v) is 14.4. The third-order valence-corrected chi connectivity index (χ3v) is 3.81. The molecule has 2 rings (SSSR count). The predicted molar refractivity (Wildman–Crippen MR) is 92.5 cm³/mol. The van der Waals surface area contributed by atoms with Crippen LogP contribution in [0.25, 0.3) is 6.08 Å². The van der Waals surface area contributed by atoms with Crippen molar-refractivity contribution in [3.05, 3.63) is 63.0 Å². The molecule has 0 radical (unpaired) electrons. The number of benzene rings is 2. The summed E-state index contributed by atoms with van der Waals surface area (Å²) in [6.45, 7) is 0. The highest BCUT2D eigenvalue weighted by molar-refractivity contribution is 9.10. The maximum Gasteiger partial charge on any atom is 0.248 e. The van der Waals surface area contributed by atoms with Gasteiger partial charge in [-0.15, -0.1) is 0 Å². The Balaban J connectivity index is 2.03. The van der Waals surface area contributed by atoms with Crippen LogP contribution < -0.4 is 10.1 Å². The molecule has 0 heterocycles. The first kappa shape index (κ1) is 15.8. The molecule has 1 N–H and O–H groups in total. The molecule has 2 aromatic carbocycles. The molecule has 2 aromatic rings. The average Bonchev–Trinajstić information content (AvgIpc) is 2.45. The van der Waals surface area contributed by atoms with Gasteiger partial charge in [-0.05, 0) is 57.9 Å². The van der Waals surface area contributed by atoms with E-state index >= 15 is 0 Å². The summed E-state index contributed by atoms with van der Waals surface area (Å²) in [4.78, 5) is 11.9. The number of methoxy groups -OCH3 is 1. The molecule has 0 aliphatic rings. The van der Waals surface area contributed by atoms with Crippen LogP contribution >= 0.6 is 31.9 Å². The molecule has 0 aliphatic heterocycles. The Morgan fingerprint density at radius 2 is 2.00 bits per heavy atom. The van der Waals surface area contributed by atoms with Crippen LogP contribution in [-0.2, 0) is 4.79 Å². The van der Waals surface area contributed by atoms with Crippen molar-refractivity contribution in [2.75, 3.05) is 12.4 Å². The lowest BCUT2D eigenvalue weighted by Gasteiger charge is -2.04. The van der Waals surface area contributed by atoms with E-state index in [-0.39, 0.29) is 5.91 Å². The number of hydrogen-bond donors (Lipinski definition) is 1. The summed E-state index contributed by atoms with van der Waals surface area (Å²) in [5, 5.41) is 2.80. The van der Waals surface area contributed by atoms with Crippen LogP contribution in [0, 0.1) is 0 Å². The van der Waals surface area contributed by atoms with Crippen molar-refractivity contribution >= 4 is 49.5 Å². The van der Waals surface area contributed by atoms with E-state index in [1.54, 1.807) is 13.2 Å². The highest BCUT2D eigenvalue weighted by Gasteiger charge is 2.01. The number of rotatable bonds is 4. The van der Waals surface area contributed by atoms with Gasteiger partial charge in [0, 0.05) is 16.2 Å². The third kappa shape index (κ3) is 4.72. The van der Waals surface area contributed by atoms with Crippen LogP contribution in [0.2, 0.25) is 0 Å². The van der Waals surface area contributed by atoms with E-state index in [0.717, 1.165) is 25.9 Å². The summed E-state index contributed by atoms with van der Waals surface area (Å²) < 4.78 is 6.93. The highest BCUT2D eigenvalue weighted by atomic mass is 79.9. The van der Waals surface area contributed by atoms with Crippen LogP contribution in [-0.4, -0.2) is 13.0 Å². The minimum Gasteiger partial charge on any atom is -0.496 e. The Kier molecular flexibility index (Phi) is 5.59. The monoisotopic (exact) mass is 409 g/mol. The van der Waals surface area contributed by atoms with Crippen LogP contribution in [0.5, 0.6) is 5.75 Å². The minimum absolute atomic E-state index is 0.181. The molecule has 1 amide bonds. The number of amides is 1. The third-order valence-electron chi connectivity index (χ3n) is 2.70. The van der Waals surface area contributed by atoms with E-state index in [2.05, 4.69) is 37.2 Å². The molecule has 0 fully saturated rings. The van der Waals surface area contributed by atoms with E-state index in [4.69, 9.17) is 4.74 Å². The van der Waals surface area contributed by atoms with Gasteiger partial charge in [0.05, 0.1) is 11.6 Å². The molecule has 21 heavy (non-hydrogen) atoms. The SMILES string of the molecule is COc1ccc(/C=C/C(=O)Nc2cccc(Br)c2)cc1Br. The lowest BCUT2D eigenvalue weighted by Crippen LogP contribution is -2.07. The van der Waals surface area contributed by atoms with Crippen LogP contribution in [0.3, 0.4) is 0 Å². The lowest BCUT2D eigenvalue weighted by molar-refractivity contribution is -0.111. The van der Waals surface area contributed by atoms with E-state index < -0.39 is 0 Å². The van der Waals surface area contributed by atoms with Gasteiger partial charge in [0.1, 0.15) is 5.75 Å². The largest absolute Gasteiger partial charge is 0.496 e. The van der Waals surface area contributed by atoms with Crippen molar-refractivity contribution in [1.82, 2.24) is 0 Å². The summed E-state index contributed by atoms with van der Waals surface area (Å²) in [5.41, 5.74) is 1.65. The zero-order valence-electron chi connectivity index (χ0n) is 11.3. The molecular formula is C16H13Br2NO2. The first-order valence-electron chi connectivity index (χ1n) is 6.16. The van der Waals surface area contributed by atoms with Gasteiger partial charge in [0.15, 0.2) is 0 Å². The molecular weight excluding hydrogens is 398 g/mol. The molecule has 0 aromatic heterocycles. The zero-order chi connectivity index (χ0) is 15.2. The first-order chi connectivity index (χ1) is 10.1. The number of anilines is 1. The van der Waals surface area contributed by atoms with Crippen molar-refractivity contribution in [2.45, 2.75) is 0 Å². The fraction of sp³-hybridized carbons (Fsp3) is 0.0625. The van der Waals surface area contributed by atoms with Gasteiger partial charge in [0.2, 0.25) is 5.91 Å². The molecule has 0 bridgehead atoms. The Hall–Kier alpha value is -1.59. The number of carbonyl (C=O) groups excluding carboxylic acids is 1.